The summed E-state index contributed by atoms with van der Waals surface area (Å²) in [6.07, 6.45) is 1.38. The summed E-state index contributed by atoms with van der Waals surface area (Å²) in [4.78, 5) is 34.3. The molecule has 1 aromatic heterocycles. The van der Waals surface area contributed by atoms with Gasteiger partial charge in [0.2, 0.25) is 5.91 Å². The van der Waals surface area contributed by atoms with Gasteiger partial charge in [0.15, 0.2) is 5.13 Å². The smallest absolute Gasteiger partial charge is 0.273 e. The van der Waals surface area contributed by atoms with Crippen LogP contribution in [-0.2, 0) is 11.3 Å². The molecule has 2 aromatic carbocycles. The molecule has 3 aromatic rings. The molecule has 2 amide bonds. The van der Waals surface area contributed by atoms with E-state index in [2.05, 4.69) is 10.3 Å². The Morgan fingerprint density at radius 2 is 1.79 bits per heavy atom. The number of anilines is 2. The SMILES string of the molecule is CCN(Cc1ccccc1)C(=O)C1CCN(C(=O)c2csc(Nc3ccc(C)cc3)n2)CC1. The Morgan fingerprint density at radius 1 is 1.09 bits per heavy atom. The molecule has 4 rings (SSSR count). The third-order valence-corrected chi connectivity index (χ3v) is 6.82. The maximum atomic E-state index is 13.1. The number of rotatable bonds is 7. The van der Waals surface area contributed by atoms with E-state index in [-0.39, 0.29) is 17.7 Å². The minimum atomic E-state index is -0.0641. The highest BCUT2D eigenvalue weighted by Crippen LogP contribution is 2.25. The first-order valence-corrected chi connectivity index (χ1v) is 12.3. The number of aryl methyl sites for hydroxylation is 1. The number of hydrogen-bond donors (Lipinski definition) is 1. The van der Waals surface area contributed by atoms with Gasteiger partial charge >= 0.3 is 0 Å². The Balaban J connectivity index is 1.31. The van der Waals surface area contributed by atoms with Crippen LogP contribution in [-0.4, -0.2) is 46.2 Å². The molecule has 1 fully saturated rings. The molecule has 0 radical (unpaired) electrons. The number of likely N-dealkylation sites (tertiary alicyclic amines) is 1. The monoisotopic (exact) mass is 462 g/mol. The molecule has 1 saturated heterocycles. The van der Waals surface area contributed by atoms with Gasteiger partial charge < -0.3 is 15.1 Å². The van der Waals surface area contributed by atoms with E-state index in [0.29, 0.717) is 49.8 Å². The molecular weight excluding hydrogens is 432 g/mol. The highest BCUT2D eigenvalue weighted by atomic mass is 32.1. The highest BCUT2D eigenvalue weighted by Gasteiger charge is 2.31. The van der Waals surface area contributed by atoms with Gasteiger partial charge in [-0.15, -0.1) is 11.3 Å². The minimum Gasteiger partial charge on any atom is -0.338 e. The molecule has 0 saturated carbocycles. The van der Waals surface area contributed by atoms with Crippen molar-refractivity contribution in [2.75, 3.05) is 25.0 Å². The van der Waals surface area contributed by atoms with Gasteiger partial charge in [0.05, 0.1) is 0 Å². The summed E-state index contributed by atoms with van der Waals surface area (Å²) in [5, 5.41) is 5.76. The summed E-state index contributed by atoms with van der Waals surface area (Å²) < 4.78 is 0. The molecule has 0 atom stereocenters. The van der Waals surface area contributed by atoms with Crippen LogP contribution in [0.3, 0.4) is 0 Å². The van der Waals surface area contributed by atoms with E-state index in [1.165, 1.54) is 16.9 Å². The molecule has 1 aliphatic heterocycles. The van der Waals surface area contributed by atoms with E-state index in [1.807, 2.05) is 78.2 Å². The van der Waals surface area contributed by atoms with Gasteiger partial charge in [-0.1, -0.05) is 48.0 Å². The molecular formula is C26H30N4O2S. The van der Waals surface area contributed by atoms with Gasteiger partial charge in [-0.3, -0.25) is 9.59 Å². The molecule has 0 bridgehead atoms. The lowest BCUT2D eigenvalue weighted by Gasteiger charge is -2.33. The van der Waals surface area contributed by atoms with Crippen molar-refractivity contribution in [2.24, 2.45) is 5.92 Å². The number of benzene rings is 2. The van der Waals surface area contributed by atoms with Crippen molar-refractivity contribution >= 4 is 34.0 Å². The quantitative estimate of drug-likeness (QED) is 0.531. The number of piperidine rings is 1. The average Bonchev–Trinajstić information content (AvgIpc) is 3.32. The molecule has 1 aliphatic rings. The summed E-state index contributed by atoms with van der Waals surface area (Å²) in [5.74, 6) is 0.0874. The molecule has 172 valence electrons. The van der Waals surface area contributed by atoms with Crippen LogP contribution >= 0.6 is 11.3 Å². The molecule has 0 aliphatic carbocycles. The van der Waals surface area contributed by atoms with Gasteiger partial charge in [0.1, 0.15) is 5.69 Å². The van der Waals surface area contributed by atoms with Crippen molar-refractivity contribution in [1.82, 2.24) is 14.8 Å². The Labute approximate surface area is 199 Å². The first-order valence-electron chi connectivity index (χ1n) is 11.4. The number of hydrogen-bond acceptors (Lipinski definition) is 5. The van der Waals surface area contributed by atoms with Crippen molar-refractivity contribution in [3.8, 4) is 0 Å². The van der Waals surface area contributed by atoms with Crippen LogP contribution in [0.5, 0.6) is 0 Å². The second-order valence-corrected chi connectivity index (χ2v) is 9.29. The van der Waals surface area contributed by atoms with E-state index in [0.717, 1.165) is 11.3 Å². The lowest BCUT2D eigenvalue weighted by Crippen LogP contribution is -2.44. The third-order valence-electron chi connectivity index (χ3n) is 6.07. The van der Waals surface area contributed by atoms with Crippen LogP contribution < -0.4 is 5.32 Å². The fraction of sp³-hybridized carbons (Fsp3) is 0.346. The van der Waals surface area contributed by atoms with Gasteiger partial charge in [-0.05, 0) is 44.4 Å². The molecule has 6 nitrogen and oxygen atoms in total. The van der Waals surface area contributed by atoms with Crippen LogP contribution in [0.2, 0.25) is 0 Å². The molecule has 0 spiro atoms. The Morgan fingerprint density at radius 3 is 2.45 bits per heavy atom. The van der Waals surface area contributed by atoms with Crippen LogP contribution in [0.15, 0.2) is 60.0 Å². The van der Waals surface area contributed by atoms with Gasteiger partial charge in [0.25, 0.3) is 5.91 Å². The number of carbonyl (C=O) groups excluding carboxylic acids is 2. The van der Waals surface area contributed by atoms with E-state index in [1.54, 1.807) is 5.38 Å². The van der Waals surface area contributed by atoms with Gasteiger partial charge in [-0.2, -0.15) is 0 Å². The molecule has 0 unspecified atom stereocenters. The summed E-state index contributed by atoms with van der Waals surface area (Å²) in [6, 6.07) is 18.1. The summed E-state index contributed by atoms with van der Waals surface area (Å²) in [5.41, 5.74) is 3.74. The number of carbonyl (C=O) groups is 2. The maximum Gasteiger partial charge on any atom is 0.273 e. The second-order valence-electron chi connectivity index (χ2n) is 8.43. The maximum absolute atomic E-state index is 13.1. The normalized spacial score (nSPS) is 14.2. The van der Waals surface area contributed by atoms with Crippen molar-refractivity contribution in [3.63, 3.8) is 0 Å². The number of amides is 2. The first kappa shape index (κ1) is 23.0. The zero-order chi connectivity index (χ0) is 23.2. The van der Waals surface area contributed by atoms with E-state index >= 15 is 0 Å². The van der Waals surface area contributed by atoms with Crippen LogP contribution in [0.1, 0.15) is 41.4 Å². The summed E-state index contributed by atoms with van der Waals surface area (Å²) in [6.45, 7) is 6.54. The van der Waals surface area contributed by atoms with Crippen molar-refractivity contribution in [1.29, 1.82) is 0 Å². The van der Waals surface area contributed by atoms with Crippen molar-refractivity contribution in [2.45, 2.75) is 33.2 Å². The largest absolute Gasteiger partial charge is 0.338 e. The lowest BCUT2D eigenvalue weighted by molar-refractivity contribution is -0.137. The molecule has 2 heterocycles. The zero-order valence-corrected chi connectivity index (χ0v) is 20.0. The standard InChI is InChI=1S/C26H30N4O2S/c1-3-29(17-20-7-5-4-6-8-20)24(31)21-13-15-30(16-14-21)25(32)23-18-33-26(28-23)27-22-11-9-19(2)10-12-22/h4-12,18,21H,3,13-17H2,1-2H3,(H,27,28). The summed E-state index contributed by atoms with van der Waals surface area (Å²) in [7, 11) is 0. The summed E-state index contributed by atoms with van der Waals surface area (Å²) >= 11 is 1.42. The average molecular weight is 463 g/mol. The fourth-order valence-corrected chi connectivity index (χ4v) is 4.79. The number of thiazole rings is 1. The Kier molecular flexibility index (Phi) is 7.40. The molecule has 1 N–H and O–H groups in total. The lowest BCUT2D eigenvalue weighted by atomic mass is 9.94. The minimum absolute atomic E-state index is 0.0353. The van der Waals surface area contributed by atoms with Crippen molar-refractivity contribution in [3.05, 3.63) is 76.8 Å². The van der Waals surface area contributed by atoms with Crippen LogP contribution in [0, 0.1) is 12.8 Å². The van der Waals surface area contributed by atoms with Crippen LogP contribution in [0.4, 0.5) is 10.8 Å². The highest BCUT2D eigenvalue weighted by molar-refractivity contribution is 7.14. The first-order chi connectivity index (χ1) is 16.0. The van der Waals surface area contributed by atoms with E-state index in [4.69, 9.17) is 0 Å². The van der Waals surface area contributed by atoms with Crippen molar-refractivity contribution < 1.29 is 9.59 Å². The van der Waals surface area contributed by atoms with Gasteiger partial charge in [-0.25, -0.2) is 4.98 Å². The predicted molar refractivity (Wildman–Crippen MR) is 133 cm³/mol. The van der Waals surface area contributed by atoms with E-state index in [9.17, 15) is 9.59 Å². The van der Waals surface area contributed by atoms with Gasteiger partial charge in [0, 0.05) is 43.2 Å². The Bertz CT molecular complexity index is 1070. The second kappa shape index (κ2) is 10.6. The Hall–Kier alpha value is -3.19. The number of aromatic nitrogens is 1. The topological polar surface area (TPSA) is 65.5 Å². The van der Waals surface area contributed by atoms with E-state index < -0.39 is 0 Å². The molecule has 7 heteroatoms. The number of nitrogens with one attached hydrogen (secondary N) is 1. The number of nitrogens with zero attached hydrogens (tertiary/aromatic N) is 3. The fourth-order valence-electron chi connectivity index (χ4n) is 4.09. The zero-order valence-electron chi connectivity index (χ0n) is 19.2. The third kappa shape index (κ3) is 5.79. The predicted octanol–water partition coefficient (Wildman–Crippen LogP) is 5.10. The molecule has 33 heavy (non-hydrogen) atoms. The van der Waals surface area contributed by atoms with Crippen LogP contribution in [0.25, 0.3) is 0 Å².